The van der Waals surface area contributed by atoms with E-state index in [0.29, 0.717) is 12.0 Å². The van der Waals surface area contributed by atoms with Gasteiger partial charge in [-0.2, -0.15) is 0 Å². The maximum absolute atomic E-state index is 5.89. The van der Waals surface area contributed by atoms with Crippen molar-refractivity contribution in [3.8, 4) is 0 Å². The molecule has 0 aliphatic heterocycles. The number of hydrazine groups is 1. The molecular formula is C11H19ClN2S. The minimum atomic E-state index is 0.356. The van der Waals surface area contributed by atoms with Gasteiger partial charge in [0.25, 0.3) is 0 Å². The van der Waals surface area contributed by atoms with Crippen LogP contribution in [0.3, 0.4) is 0 Å². The third-order valence-electron chi connectivity index (χ3n) is 2.70. The second-order valence-corrected chi connectivity index (χ2v) is 5.82. The van der Waals surface area contributed by atoms with Crippen LogP contribution in [0.5, 0.6) is 0 Å². The highest BCUT2D eigenvalue weighted by Crippen LogP contribution is 2.23. The molecule has 2 atom stereocenters. The highest BCUT2D eigenvalue weighted by molar-refractivity contribution is 7.16. The van der Waals surface area contributed by atoms with E-state index < -0.39 is 0 Å². The van der Waals surface area contributed by atoms with Gasteiger partial charge in [-0.1, -0.05) is 31.9 Å². The summed E-state index contributed by atoms with van der Waals surface area (Å²) in [5.41, 5.74) is 2.89. The molecule has 0 aliphatic rings. The maximum Gasteiger partial charge on any atom is 0.0931 e. The van der Waals surface area contributed by atoms with Gasteiger partial charge >= 0.3 is 0 Å². The van der Waals surface area contributed by atoms with Gasteiger partial charge in [-0.3, -0.25) is 11.3 Å². The van der Waals surface area contributed by atoms with Gasteiger partial charge in [-0.25, -0.2) is 0 Å². The first-order valence-corrected chi connectivity index (χ1v) is 6.55. The fourth-order valence-corrected chi connectivity index (χ4v) is 2.73. The van der Waals surface area contributed by atoms with E-state index in [1.807, 2.05) is 6.07 Å². The first-order chi connectivity index (χ1) is 7.15. The highest BCUT2D eigenvalue weighted by atomic mass is 35.5. The fourth-order valence-electron chi connectivity index (χ4n) is 1.57. The molecule has 2 nitrogen and oxygen atoms in total. The van der Waals surface area contributed by atoms with Crippen LogP contribution < -0.4 is 11.3 Å². The summed E-state index contributed by atoms with van der Waals surface area (Å²) in [6.45, 7) is 4.46. The molecule has 0 saturated heterocycles. The Morgan fingerprint density at radius 2 is 2.27 bits per heavy atom. The van der Waals surface area contributed by atoms with Crippen molar-refractivity contribution in [3.63, 3.8) is 0 Å². The standard InChI is InChI=1S/C11H19ClN2S/c1-3-8(2)6-9(14-13)7-10-4-5-11(12)15-10/h4-5,8-9,14H,3,6-7,13H2,1-2H3. The maximum atomic E-state index is 5.89. The average Bonchev–Trinajstić information content (AvgIpc) is 2.62. The Morgan fingerprint density at radius 1 is 1.53 bits per heavy atom. The lowest BCUT2D eigenvalue weighted by Crippen LogP contribution is -2.37. The topological polar surface area (TPSA) is 38.0 Å². The molecule has 0 spiro atoms. The van der Waals surface area contributed by atoms with Crippen LogP contribution in [0.1, 0.15) is 31.6 Å². The van der Waals surface area contributed by atoms with Crippen molar-refractivity contribution in [2.24, 2.45) is 11.8 Å². The molecule has 0 aliphatic carbocycles. The lowest BCUT2D eigenvalue weighted by Gasteiger charge is -2.18. The second kappa shape index (κ2) is 6.48. The molecule has 0 bridgehead atoms. The van der Waals surface area contributed by atoms with E-state index in [2.05, 4.69) is 25.3 Å². The van der Waals surface area contributed by atoms with Crippen molar-refractivity contribution in [2.45, 2.75) is 39.2 Å². The molecular weight excluding hydrogens is 228 g/mol. The summed E-state index contributed by atoms with van der Waals surface area (Å²) in [5, 5.41) is 0. The van der Waals surface area contributed by atoms with Gasteiger partial charge in [-0.05, 0) is 30.9 Å². The summed E-state index contributed by atoms with van der Waals surface area (Å²) in [5.74, 6) is 6.26. The molecule has 4 heteroatoms. The van der Waals surface area contributed by atoms with Crippen molar-refractivity contribution in [3.05, 3.63) is 21.3 Å². The van der Waals surface area contributed by atoms with Crippen molar-refractivity contribution < 1.29 is 0 Å². The van der Waals surface area contributed by atoms with Crippen molar-refractivity contribution in [2.75, 3.05) is 0 Å². The van der Waals surface area contributed by atoms with Crippen molar-refractivity contribution >= 4 is 22.9 Å². The summed E-state index contributed by atoms with van der Waals surface area (Å²) in [6.07, 6.45) is 3.28. The zero-order chi connectivity index (χ0) is 11.3. The number of thiophene rings is 1. The van der Waals surface area contributed by atoms with E-state index in [1.54, 1.807) is 11.3 Å². The third kappa shape index (κ3) is 4.51. The Balaban J connectivity index is 2.46. The van der Waals surface area contributed by atoms with E-state index in [9.17, 15) is 0 Å². The zero-order valence-corrected chi connectivity index (χ0v) is 10.9. The van der Waals surface area contributed by atoms with Crippen LogP contribution >= 0.6 is 22.9 Å². The molecule has 1 aromatic rings. The molecule has 15 heavy (non-hydrogen) atoms. The van der Waals surface area contributed by atoms with E-state index in [4.69, 9.17) is 17.4 Å². The number of nitrogens with two attached hydrogens (primary N) is 1. The summed E-state index contributed by atoms with van der Waals surface area (Å²) in [6, 6.07) is 4.38. The predicted octanol–water partition coefficient (Wildman–Crippen LogP) is 3.21. The molecule has 1 heterocycles. The molecule has 1 rings (SSSR count). The molecule has 0 amide bonds. The third-order valence-corrected chi connectivity index (χ3v) is 3.95. The minimum Gasteiger partial charge on any atom is -0.271 e. The molecule has 0 radical (unpaired) electrons. The lowest BCUT2D eigenvalue weighted by molar-refractivity contribution is 0.398. The van der Waals surface area contributed by atoms with Crippen LogP contribution in [-0.2, 0) is 6.42 Å². The molecule has 0 fully saturated rings. The summed E-state index contributed by atoms with van der Waals surface area (Å²) >= 11 is 7.52. The average molecular weight is 247 g/mol. The van der Waals surface area contributed by atoms with Crippen LogP contribution in [0.4, 0.5) is 0 Å². The molecule has 0 aromatic carbocycles. The smallest absolute Gasteiger partial charge is 0.0931 e. The van der Waals surface area contributed by atoms with Gasteiger partial charge in [-0.15, -0.1) is 11.3 Å². The van der Waals surface area contributed by atoms with E-state index in [1.165, 1.54) is 11.3 Å². The Morgan fingerprint density at radius 3 is 2.73 bits per heavy atom. The number of hydrogen-bond donors (Lipinski definition) is 2. The summed E-state index contributed by atoms with van der Waals surface area (Å²) in [7, 11) is 0. The van der Waals surface area contributed by atoms with Crippen molar-refractivity contribution in [1.29, 1.82) is 0 Å². The molecule has 0 saturated carbocycles. The normalized spacial score (nSPS) is 15.2. The van der Waals surface area contributed by atoms with Crippen LogP contribution in [0.25, 0.3) is 0 Å². The summed E-state index contributed by atoms with van der Waals surface area (Å²) in [4.78, 5) is 1.30. The fraction of sp³-hybridized carbons (Fsp3) is 0.636. The Hall–Kier alpha value is -0.0900. The predicted molar refractivity (Wildman–Crippen MR) is 68.2 cm³/mol. The van der Waals surface area contributed by atoms with E-state index in [-0.39, 0.29) is 0 Å². The van der Waals surface area contributed by atoms with Crippen LogP contribution in [-0.4, -0.2) is 6.04 Å². The second-order valence-electron chi connectivity index (χ2n) is 4.02. The Bertz CT molecular complexity index is 288. The van der Waals surface area contributed by atoms with Gasteiger partial charge in [0.15, 0.2) is 0 Å². The van der Waals surface area contributed by atoms with Gasteiger partial charge < -0.3 is 0 Å². The van der Waals surface area contributed by atoms with Crippen LogP contribution in [0.15, 0.2) is 12.1 Å². The van der Waals surface area contributed by atoms with Crippen LogP contribution in [0.2, 0.25) is 4.34 Å². The number of rotatable bonds is 6. The largest absolute Gasteiger partial charge is 0.271 e. The molecule has 1 aromatic heterocycles. The molecule has 86 valence electrons. The Labute approximate surface area is 101 Å². The van der Waals surface area contributed by atoms with E-state index in [0.717, 1.165) is 17.2 Å². The highest BCUT2D eigenvalue weighted by Gasteiger charge is 2.12. The first-order valence-electron chi connectivity index (χ1n) is 5.36. The lowest BCUT2D eigenvalue weighted by atomic mass is 9.97. The van der Waals surface area contributed by atoms with Gasteiger partial charge in [0.2, 0.25) is 0 Å². The first kappa shape index (κ1) is 13.0. The SMILES string of the molecule is CCC(C)CC(Cc1ccc(Cl)s1)NN. The number of halogens is 1. The van der Waals surface area contributed by atoms with Crippen LogP contribution in [0, 0.1) is 5.92 Å². The van der Waals surface area contributed by atoms with E-state index >= 15 is 0 Å². The Kier molecular flexibility index (Phi) is 5.61. The summed E-state index contributed by atoms with van der Waals surface area (Å²) < 4.78 is 0.851. The zero-order valence-electron chi connectivity index (χ0n) is 9.29. The number of hydrogen-bond acceptors (Lipinski definition) is 3. The quantitative estimate of drug-likeness (QED) is 0.598. The molecule has 3 N–H and O–H groups in total. The van der Waals surface area contributed by atoms with Crippen molar-refractivity contribution in [1.82, 2.24) is 5.43 Å². The monoisotopic (exact) mass is 246 g/mol. The van der Waals surface area contributed by atoms with Gasteiger partial charge in [0.05, 0.1) is 4.34 Å². The van der Waals surface area contributed by atoms with Gasteiger partial charge in [0, 0.05) is 10.9 Å². The number of nitrogens with one attached hydrogen (secondary N) is 1. The molecule has 2 unspecified atom stereocenters. The minimum absolute atomic E-state index is 0.356. The van der Waals surface area contributed by atoms with Gasteiger partial charge in [0.1, 0.15) is 0 Å².